The summed E-state index contributed by atoms with van der Waals surface area (Å²) in [5.41, 5.74) is 3.53. The van der Waals surface area contributed by atoms with Crippen molar-refractivity contribution in [2.75, 3.05) is 13.1 Å². The van der Waals surface area contributed by atoms with Crippen LogP contribution in [0.15, 0.2) is 29.0 Å². The standard InChI is InChI=1S/C19H21N5O2/c25-19(18-14-3-1-2-4-16(14)26-22-18)23-10-6-13(7-11-23)15-8-12-24-17(21-15)5-9-20-24/h5,8-9,12-13H,1-4,6-7,10-11H2. The number of nitrogens with zero attached hydrogens (tertiary/aromatic N) is 5. The largest absolute Gasteiger partial charge is 0.360 e. The quantitative estimate of drug-likeness (QED) is 0.709. The van der Waals surface area contributed by atoms with E-state index in [0.717, 1.165) is 74.3 Å². The summed E-state index contributed by atoms with van der Waals surface area (Å²) in [5, 5.41) is 8.28. The van der Waals surface area contributed by atoms with E-state index in [-0.39, 0.29) is 5.91 Å². The number of aryl methyl sites for hydroxylation is 1. The Morgan fingerprint density at radius 2 is 2.00 bits per heavy atom. The van der Waals surface area contributed by atoms with E-state index in [1.807, 2.05) is 23.2 Å². The second-order valence-electron chi connectivity index (χ2n) is 7.19. The summed E-state index contributed by atoms with van der Waals surface area (Å²) < 4.78 is 7.18. The van der Waals surface area contributed by atoms with E-state index < -0.39 is 0 Å². The Morgan fingerprint density at radius 1 is 1.15 bits per heavy atom. The van der Waals surface area contributed by atoms with Gasteiger partial charge in [-0.3, -0.25) is 4.79 Å². The van der Waals surface area contributed by atoms with Crippen molar-refractivity contribution >= 4 is 11.6 Å². The molecule has 0 bridgehead atoms. The van der Waals surface area contributed by atoms with Crippen LogP contribution in [0.1, 0.15) is 59.1 Å². The first kappa shape index (κ1) is 15.5. The zero-order valence-corrected chi connectivity index (χ0v) is 14.6. The molecule has 2 aliphatic rings. The van der Waals surface area contributed by atoms with Crippen LogP contribution in [0, 0.1) is 0 Å². The number of carbonyl (C=O) groups excluding carboxylic acids is 1. The minimum absolute atomic E-state index is 0.0227. The Kier molecular flexibility index (Phi) is 3.72. The number of carbonyl (C=O) groups is 1. The number of aromatic nitrogens is 4. The molecule has 1 aliphatic heterocycles. The van der Waals surface area contributed by atoms with Gasteiger partial charge in [-0.1, -0.05) is 5.16 Å². The molecule has 134 valence electrons. The van der Waals surface area contributed by atoms with Gasteiger partial charge in [0.25, 0.3) is 5.91 Å². The summed E-state index contributed by atoms with van der Waals surface area (Å²) in [6.07, 6.45) is 9.59. The molecule has 0 spiro atoms. The van der Waals surface area contributed by atoms with Crippen LogP contribution >= 0.6 is 0 Å². The average molecular weight is 351 g/mol. The molecule has 0 radical (unpaired) electrons. The highest BCUT2D eigenvalue weighted by Gasteiger charge is 2.30. The fraction of sp³-hybridized carbons (Fsp3) is 0.474. The molecule has 3 aromatic heterocycles. The van der Waals surface area contributed by atoms with Crippen molar-refractivity contribution < 1.29 is 9.32 Å². The zero-order chi connectivity index (χ0) is 17.5. The topological polar surface area (TPSA) is 76.5 Å². The lowest BCUT2D eigenvalue weighted by atomic mass is 9.92. The van der Waals surface area contributed by atoms with Gasteiger partial charge < -0.3 is 9.42 Å². The number of likely N-dealkylation sites (tertiary alicyclic amines) is 1. The van der Waals surface area contributed by atoms with Gasteiger partial charge >= 0.3 is 0 Å². The van der Waals surface area contributed by atoms with Crippen LogP contribution in [0.5, 0.6) is 0 Å². The summed E-state index contributed by atoms with van der Waals surface area (Å²) >= 11 is 0. The van der Waals surface area contributed by atoms with Gasteiger partial charge in [-0.2, -0.15) is 5.10 Å². The van der Waals surface area contributed by atoms with E-state index in [4.69, 9.17) is 9.51 Å². The SMILES string of the molecule is O=C(c1noc2c1CCCC2)N1CCC(c2ccn3nccc3n2)CC1. The van der Waals surface area contributed by atoms with Gasteiger partial charge in [0.2, 0.25) is 0 Å². The first-order chi connectivity index (χ1) is 12.8. The number of hydrogen-bond donors (Lipinski definition) is 0. The first-order valence-corrected chi connectivity index (χ1v) is 9.36. The van der Waals surface area contributed by atoms with E-state index in [1.165, 1.54) is 0 Å². The second-order valence-corrected chi connectivity index (χ2v) is 7.19. The summed E-state index contributed by atoms with van der Waals surface area (Å²) in [4.78, 5) is 19.5. The normalized spacial score (nSPS) is 18.2. The summed E-state index contributed by atoms with van der Waals surface area (Å²) in [6, 6.07) is 3.95. The third-order valence-electron chi connectivity index (χ3n) is 5.63. The number of hydrogen-bond acceptors (Lipinski definition) is 5. The van der Waals surface area contributed by atoms with Crippen molar-refractivity contribution in [1.82, 2.24) is 24.7 Å². The maximum Gasteiger partial charge on any atom is 0.276 e. The van der Waals surface area contributed by atoms with E-state index in [9.17, 15) is 4.79 Å². The highest BCUT2D eigenvalue weighted by atomic mass is 16.5. The molecule has 0 aromatic carbocycles. The summed E-state index contributed by atoms with van der Waals surface area (Å²) in [7, 11) is 0. The molecule has 4 heterocycles. The fourth-order valence-electron chi connectivity index (χ4n) is 4.14. The smallest absolute Gasteiger partial charge is 0.276 e. The lowest BCUT2D eigenvalue weighted by Crippen LogP contribution is -2.38. The molecule has 5 rings (SSSR count). The Morgan fingerprint density at radius 3 is 2.88 bits per heavy atom. The Hall–Kier alpha value is -2.70. The van der Waals surface area contributed by atoms with Gasteiger partial charge in [-0.05, 0) is 38.2 Å². The minimum Gasteiger partial charge on any atom is -0.360 e. The van der Waals surface area contributed by atoms with Crippen molar-refractivity contribution in [1.29, 1.82) is 0 Å². The Labute approximate surface area is 151 Å². The van der Waals surface area contributed by atoms with Crippen LogP contribution in [0.3, 0.4) is 0 Å². The van der Waals surface area contributed by atoms with Gasteiger partial charge in [0.05, 0.1) is 6.20 Å². The molecule has 0 atom stereocenters. The third-order valence-corrected chi connectivity index (χ3v) is 5.63. The van der Waals surface area contributed by atoms with Gasteiger partial charge in [-0.15, -0.1) is 0 Å². The number of rotatable bonds is 2. The minimum atomic E-state index is 0.0227. The van der Waals surface area contributed by atoms with Gasteiger partial charge in [-0.25, -0.2) is 9.50 Å². The number of fused-ring (bicyclic) bond motifs is 2. The van der Waals surface area contributed by atoms with Crippen molar-refractivity contribution in [3.8, 4) is 0 Å². The monoisotopic (exact) mass is 351 g/mol. The highest BCUT2D eigenvalue weighted by Crippen LogP contribution is 2.29. The van der Waals surface area contributed by atoms with E-state index in [2.05, 4.69) is 10.3 Å². The van der Waals surface area contributed by atoms with Crippen LogP contribution < -0.4 is 0 Å². The highest BCUT2D eigenvalue weighted by molar-refractivity contribution is 5.94. The molecule has 0 N–H and O–H groups in total. The molecule has 0 saturated carbocycles. The van der Waals surface area contributed by atoms with Crippen molar-refractivity contribution in [3.63, 3.8) is 0 Å². The van der Waals surface area contributed by atoms with Crippen molar-refractivity contribution in [2.45, 2.75) is 44.4 Å². The van der Waals surface area contributed by atoms with Crippen LogP contribution in [0.4, 0.5) is 0 Å². The fourth-order valence-corrected chi connectivity index (χ4v) is 4.14. The summed E-state index contributed by atoms with van der Waals surface area (Å²) in [6.45, 7) is 1.47. The molecule has 1 amide bonds. The Bertz CT molecular complexity index is 952. The molecule has 1 aliphatic carbocycles. The lowest BCUT2D eigenvalue weighted by Gasteiger charge is -2.31. The predicted octanol–water partition coefficient (Wildman–Crippen LogP) is 2.62. The number of amides is 1. The van der Waals surface area contributed by atoms with Gasteiger partial charge in [0, 0.05) is 48.9 Å². The first-order valence-electron chi connectivity index (χ1n) is 9.36. The Balaban J connectivity index is 1.29. The predicted molar refractivity (Wildman–Crippen MR) is 94.0 cm³/mol. The lowest BCUT2D eigenvalue weighted by molar-refractivity contribution is 0.0700. The van der Waals surface area contributed by atoms with Crippen molar-refractivity contribution in [2.24, 2.45) is 0 Å². The van der Waals surface area contributed by atoms with Crippen LogP contribution in [0.2, 0.25) is 0 Å². The molecule has 0 unspecified atom stereocenters. The molecule has 1 fully saturated rings. The molecule has 3 aromatic rings. The zero-order valence-electron chi connectivity index (χ0n) is 14.6. The van der Waals surface area contributed by atoms with E-state index in [0.29, 0.717) is 11.6 Å². The molecule has 26 heavy (non-hydrogen) atoms. The molecule has 1 saturated heterocycles. The van der Waals surface area contributed by atoms with Gasteiger partial charge in [0.15, 0.2) is 11.3 Å². The maximum absolute atomic E-state index is 12.9. The van der Waals surface area contributed by atoms with Crippen molar-refractivity contribution in [3.05, 3.63) is 47.2 Å². The van der Waals surface area contributed by atoms with Gasteiger partial charge in [0.1, 0.15) is 5.76 Å². The van der Waals surface area contributed by atoms with Crippen LogP contribution in [0.25, 0.3) is 5.65 Å². The summed E-state index contributed by atoms with van der Waals surface area (Å²) in [5.74, 6) is 1.31. The van der Waals surface area contributed by atoms with E-state index >= 15 is 0 Å². The van der Waals surface area contributed by atoms with Crippen LogP contribution in [-0.4, -0.2) is 43.7 Å². The van der Waals surface area contributed by atoms with Crippen LogP contribution in [-0.2, 0) is 12.8 Å². The second kappa shape index (κ2) is 6.23. The molecule has 7 heteroatoms. The average Bonchev–Trinajstić information content (AvgIpc) is 3.34. The third kappa shape index (κ3) is 2.58. The molecular formula is C19H21N5O2. The molecule has 7 nitrogen and oxygen atoms in total. The maximum atomic E-state index is 12.9. The molecular weight excluding hydrogens is 330 g/mol. The van der Waals surface area contributed by atoms with E-state index in [1.54, 1.807) is 10.7 Å². The number of piperidine rings is 1.